The number of anilines is 2. The van der Waals surface area contributed by atoms with Crippen molar-refractivity contribution in [3.63, 3.8) is 0 Å². The van der Waals surface area contributed by atoms with Crippen molar-refractivity contribution in [2.24, 2.45) is 0 Å². The van der Waals surface area contributed by atoms with Crippen molar-refractivity contribution in [2.75, 3.05) is 43.1 Å². The molecule has 0 amide bonds. The van der Waals surface area contributed by atoms with Crippen LogP contribution in [0.4, 0.5) is 17.1 Å². The second-order valence-electron chi connectivity index (χ2n) is 6.00. The summed E-state index contributed by atoms with van der Waals surface area (Å²) >= 11 is 0. The normalized spacial score (nSPS) is 14.7. The minimum Gasteiger partial charge on any atom is -0.497 e. The van der Waals surface area contributed by atoms with Crippen molar-refractivity contribution >= 4 is 28.1 Å². The van der Waals surface area contributed by atoms with Crippen LogP contribution in [-0.2, 0) is 0 Å². The number of methoxy groups -OCH3 is 1. The van der Waals surface area contributed by atoms with Gasteiger partial charge in [0.25, 0.3) is 0 Å². The van der Waals surface area contributed by atoms with Gasteiger partial charge in [0.1, 0.15) is 17.0 Å². The van der Waals surface area contributed by atoms with Gasteiger partial charge >= 0.3 is 5.69 Å². The molecule has 2 heterocycles. The number of piperazine rings is 1. The lowest BCUT2D eigenvalue weighted by atomic mass is 10.1. The van der Waals surface area contributed by atoms with Crippen molar-refractivity contribution in [2.45, 2.75) is 0 Å². The number of aromatic nitrogens is 2. The third-order valence-electron chi connectivity index (χ3n) is 4.60. The van der Waals surface area contributed by atoms with Gasteiger partial charge in [-0.05, 0) is 34.6 Å². The van der Waals surface area contributed by atoms with E-state index in [1.165, 1.54) is 0 Å². The molecular formula is C17H17N5O4. The van der Waals surface area contributed by atoms with Crippen molar-refractivity contribution in [1.82, 2.24) is 10.3 Å². The lowest BCUT2D eigenvalue weighted by molar-refractivity contribution is -0.382. The van der Waals surface area contributed by atoms with Crippen LogP contribution < -0.4 is 14.5 Å². The Balaban J connectivity index is 1.57. The molecule has 1 aliphatic heterocycles. The van der Waals surface area contributed by atoms with E-state index in [0.717, 1.165) is 24.5 Å². The number of ether oxygens (including phenoxy) is 1. The van der Waals surface area contributed by atoms with Crippen LogP contribution in [0.15, 0.2) is 41.0 Å². The van der Waals surface area contributed by atoms with E-state index in [2.05, 4.69) is 19.8 Å². The van der Waals surface area contributed by atoms with E-state index in [1.807, 2.05) is 29.2 Å². The first-order valence-electron chi connectivity index (χ1n) is 8.21. The van der Waals surface area contributed by atoms with Gasteiger partial charge in [0.05, 0.1) is 12.0 Å². The van der Waals surface area contributed by atoms with Crippen LogP contribution in [0, 0.1) is 10.1 Å². The Labute approximate surface area is 148 Å². The van der Waals surface area contributed by atoms with Crippen LogP contribution >= 0.6 is 0 Å². The molecule has 0 N–H and O–H groups in total. The van der Waals surface area contributed by atoms with Gasteiger partial charge in [-0.3, -0.25) is 10.1 Å². The molecule has 0 unspecified atom stereocenters. The van der Waals surface area contributed by atoms with E-state index in [-0.39, 0.29) is 11.2 Å². The Bertz CT molecular complexity index is 949. The van der Waals surface area contributed by atoms with Gasteiger partial charge in [0, 0.05) is 37.9 Å². The standard InChI is InChI=1S/C17H17N5O4/c1-25-13-4-2-3-12(11-13)20-7-9-21(10-8-20)15-6-5-14-16(19-26-18-14)17(15)22(23)24/h2-6,11H,7-10H2,1H3. The largest absolute Gasteiger partial charge is 0.497 e. The zero-order valence-electron chi connectivity index (χ0n) is 14.2. The summed E-state index contributed by atoms with van der Waals surface area (Å²) in [6.07, 6.45) is 0. The summed E-state index contributed by atoms with van der Waals surface area (Å²) in [7, 11) is 1.64. The van der Waals surface area contributed by atoms with Crippen molar-refractivity contribution < 1.29 is 14.3 Å². The second kappa shape index (κ2) is 6.51. The molecule has 0 aliphatic carbocycles. The number of hydrogen-bond acceptors (Lipinski definition) is 8. The van der Waals surface area contributed by atoms with Gasteiger partial charge in [0.15, 0.2) is 0 Å². The molecular weight excluding hydrogens is 338 g/mol. The van der Waals surface area contributed by atoms with Gasteiger partial charge in [-0.2, -0.15) is 0 Å². The van der Waals surface area contributed by atoms with E-state index in [4.69, 9.17) is 4.74 Å². The van der Waals surface area contributed by atoms with E-state index in [9.17, 15) is 10.1 Å². The lowest BCUT2D eigenvalue weighted by Gasteiger charge is -2.37. The predicted molar refractivity (Wildman–Crippen MR) is 95.9 cm³/mol. The molecule has 1 aliphatic rings. The highest BCUT2D eigenvalue weighted by Crippen LogP contribution is 2.35. The monoisotopic (exact) mass is 355 g/mol. The molecule has 0 spiro atoms. The summed E-state index contributed by atoms with van der Waals surface area (Å²) < 4.78 is 9.93. The van der Waals surface area contributed by atoms with E-state index >= 15 is 0 Å². The summed E-state index contributed by atoms with van der Waals surface area (Å²) in [6, 6.07) is 11.3. The fraction of sp³-hybridized carbons (Fsp3) is 0.294. The Morgan fingerprint density at radius 3 is 2.62 bits per heavy atom. The third-order valence-corrected chi connectivity index (χ3v) is 4.60. The van der Waals surface area contributed by atoms with Crippen LogP contribution in [0.25, 0.3) is 11.0 Å². The van der Waals surface area contributed by atoms with Crippen molar-refractivity contribution in [3.05, 3.63) is 46.5 Å². The summed E-state index contributed by atoms with van der Waals surface area (Å²) in [5.74, 6) is 0.810. The Hall–Kier alpha value is -3.36. The summed E-state index contributed by atoms with van der Waals surface area (Å²) in [5.41, 5.74) is 2.13. The smallest absolute Gasteiger partial charge is 0.323 e. The summed E-state index contributed by atoms with van der Waals surface area (Å²) in [5, 5.41) is 19.0. The molecule has 9 heteroatoms. The molecule has 0 saturated carbocycles. The van der Waals surface area contributed by atoms with Gasteiger partial charge in [0.2, 0.25) is 5.52 Å². The molecule has 9 nitrogen and oxygen atoms in total. The van der Waals surface area contributed by atoms with E-state index in [1.54, 1.807) is 19.2 Å². The van der Waals surface area contributed by atoms with Crippen molar-refractivity contribution in [3.8, 4) is 5.75 Å². The van der Waals surface area contributed by atoms with Crippen LogP contribution in [0.1, 0.15) is 0 Å². The second-order valence-corrected chi connectivity index (χ2v) is 6.00. The third kappa shape index (κ3) is 2.77. The highest BCUT2D eigenvalue weighted by Gasteiger charge is 2.28. The fourth-order valence-electron chi connectivity index (χ4n) is 3.28. The maximum atomic E-state index is 11.6. The number of nitro benzene ring substituents is 1. The molecule has 2 aromatic carbocycles. The first-order valence-corrected chi connectivity index (χ1v) is 8.21. The zero-order chi connectivity index (χ0) is 18.1. The molecule has 134 valence electrons. The zero-order valence-corrected chi connectivity index (χ0v) is 14.2. The van der Waals surface area contributed by atoms with E-state index in [0.29, 0.717) is 24.3 Å². The van der Waals surface area contributed by atoms with Crippen LogP contribution in [0.5, 0.6) is 5.75 Å². The molecule has 1 saturated heterocycles. The minimum absolute atomic E-state index is 0.0569. The number of nitrogens with zero attached hydrogens (tertiary/aromatic N) is 5. The topological polar surface area (TPSA) is 97.8 Å². The van der Waals surface area contributed by atoms with Gasteiger partial charge in [-0.1, -0.05) is 6.07 Å². The van der Waals surface area contributed by atoms with Crippen LogP contribution in [0.3, 0.4) is 0 Å². The van der Waals surface area contributed by atoms with Gasteiger partial charge in [-0.15, -0.1) is 0 Å². The minimum atomic E-state index is -0.420. The lowest BCUT2D eigenvalue weighted by Crippen LogP contribution is -2.46. The fourth-order valence-corrected chi connectivity index (χ4v) is 3.28. The van der Waals surface area contributed by atoms with Gasteiger partial charge in [-0.25, -0.2) is 4.63 Å². The van der Waals surface area contributed by atoms with Crippen molar-refractivity contribution in [1.29, 1.82) is 0 Å². The maximum absolute atomic E-state index is 11.6. The van der Waals surface area contributed by atoms with Gasteiger partial charge < -0.3 is 14.5 Å². The summed E-state index contributed by atoms with van der Waals surface area (Å²) in [4.78, 5) is 15.4. The highest BCUT2D eigenvalue weighted by atomic mass is 16.6. The Morgan fingerprint density at radius 2 is 1.88 bits per heavy atom. The number of nitro groups is 1. The highest BCUT2D eigenvalue weighted by molar-refractivity contribution is 5.91. The number of hydrogen-bond donors (Lipinski definition) is 0. The molecule has 4 rings (SSSR count). The average molecular weight is 355 g/mol. The molecule has 1 fully saturated rings. The quantitative estimate of drug-likeness (QED) is 0.520. The molecule has 3 aromatic rings. The van der Waals surface area contributed by atoms with Crippen LogP contribution in [-0.4, -0.2) is 48.5 Å². The first-order chi connectivity index (χ1) is 12.7. The Kier molecular flexibility index (Phi) is 4.04. The Morgan fingerprint density at radius 1 is 1.12 bits per heavy atom. The molecule has 0 bridgehead atoms. The predicted octanol–water partition coefficient (Wildman–Crippen LogP) is 2.47. The molecule has 0 atom stereocenters. The number of benzene rings is 2. The molecule has 26 heavy (non-hydrogen) atoms. The van der Waals surface area contributed by atoms with E-state index < -0.39 is 4.92 Å². The van der Waals surface area contributed by atoms with Crippen LogP contribution in [0.2, 0.25) is 0 Å². The number of fused-ring (bicyclic) bond motifs is 1. The molecule has 1 aromatic heterocycles. The number of rotatable bonds is 4. The maximum Gasteiger partial charge on any atom is 0.323 e. The SMILES string of the molecule is COc1cccc(N2CCN(c3ccc4nonc4c3[N+](=O)[O-])CC2)c1. The summed E-state index contributed by atoms with van der Waals surface area (Å²) in [6.45, 7) is 2.82. The molecule has 0 radical (unpaired) electrons. The first kappa shape index (κ1) is 16.1. The average Bonchev–Trinajstić information content (AvgIpc) is 3.16.